The van der Waals surface area contributed by atoms with Crippen LogP contribution in [-0.2, 0) is 25.6 Å². The van der Waals surface area contributed by atoms with Crippen molar-refractivity contribution >= 4 is 0 Å². The predicted octanol–water partition coefficient (Wildman–Crippen LogP) is 2.16. The molecule has 4 nitrogen and oxygen atoms in total. The zero-order chi connectivity index (χ0) is 15.0. The number of fused-ring (bicyclic) bond motifs is 1. The van der Waals surface area contributed by atoms with E-state index in [0.717, 1.165) is 36.5 Å². The Morgan fingerprint density at radius 1 is 1.24 bits per heavy atom. The Morgan fingerprint density at radius 2 is 1.95 bits per heavy atom. The molecule has 0 bridgehead atoms. The fraction of sp³-hybridized carbons (Fsp3) is 0.429. The molecule has 0 radical (unpaired) electrons. The number of hydrogen-bond acceptors (Lipinski definition) is 3. The van der Waals surface area contributed by atoms with Crippen molar-refractivity contribution in [2.75, 3.05) is 0 Å². The van der Waals surface area contributed by atoms with Gasteiger partial charge in [0.2, 0.25) is 0 Å². The van der Waals surface area contributed by atoms with E-state index in [1.807, 2.05) is 4.68 Å². The number of nitrogens with zero attached hydrogens (tertiary/aromatic N) is 3. The van der Waals surface area contributed by atoms with Crippen molar-refractivity contribution in [3.05, 3.63) is 47.0 Å². The maximum absolute atomic E-state index is 12.5. The predicted molar refractivity (Wildman–Crippen MR) is 70.6 cm³/mol. The summed E-state index contributed by atoms with van der Waals surface area (Å²) in [4.78, 5) is 4.42. The smallest absolute Gasteiger partial charge is 0.327 e. The van der Waals surface area contributed by atoms with Crippen LogP contribution < -0.4 is 5.73 Å². The Labute approximate surface area is 119 Å². The monoisotopic (exact) mass is 296 g/mol. The van der Waals surface area contributed by atoms with Crippen LogP contribution in [0.2, 0.25) is 0 Å². The maximum Gasteiger partial charge on any atom is 0.416 e. The molecule has 1 atom stereocenters. The fourth-order valence-electron chi connectivity index (χ4n) is 2.45. The summed E-state index contributed by atoms with van der Waals surface area (Å²) in [7, 11) is 0. The van der Waals surface area contributed by atoms with Crippen molar-refractivity contribution in [3.63, 3.8) is 0 Å². The van der Waals surface area contributed by atoms with Crippen LogP contribution >= 0.6 is 0 Å². The summed E-state index contributed by atoms with van der Waals surface area (Å²) in [6.07, 6.45) is -2.32. The fourth-order valence-corrected chi connectivity index (χ4v) is 2.45. The van der Waals surface area contributed by atoms with Crippen LogP contribution in [0.1, 0.15) is 29.2 Å². The average Bonchev–Trinajstić information content (AvgIpc) is 2.79. The number of nitrogens with two attached hydrogens (primary N) is 1. The molecule has 1 aromatic heterocycles. The lowest BCUT2D eigenvalue weighted by atomic mass is 10.1. The molecule has 0 fully saturated rings. The minimum absolute atomic E-state index is 0.112. The largest absolute Gasteiger partial charge is 0.416 e. The summed E-state index contributed by atoms with van der Waals surface area (Å²) in [5.41, 5.74) is 6.00. The Morgan fingerprint density at radius 3 is 2.62 bits per heavy atom. The molecule has 2 aromatic rings. The van der Waals surface area contributed by atoms with Crippen LogP contribution in [0.4, 0.5) is 13.2 Å². The molecule has 21 heavy (non-hydrogen) atoms. The van der Waals surface area contributed by atoms with Gasteiger partial charge < -0.3 is 5.73 Å². The molecule has 1 unspecified atom stereocenters. The van der Waals surface area contributed by atoms with Crippen LogP contribution in [-0.4, -0.2) is 20.8 Å². The molecule has 0 saturated carbocycles. The van der Waals surface area contributed by atoms with E-state index in [2.05, 4.69) is 10.1 Å². The molecule has 7 heteroatoms. The zero-order valence-electron chi connectivity index (χ0n) is 11.3. The Hall–Kier alpha value is -1.89. The summed E-state index contributed by atoms with van der Waals surface area (Å²) in [6.45, 7) is 0.747. The molecule has 3 rings (SSSR count). The Balaban J connectivity index is 1.75. The van der Waals surface area contributed by atoms with E-state index >= 15 is 0 Å². The van der Waals surface area contributed by atoms with Crippen LogP contribution in [0, 0.1) is 0 Å². The van der Waals surface area contributed by atoms with E-state index in [4.69, 9.17) is 5.73 Å². The Bertz CT molecular complexity index is 631. The van der Waals surface area contributed by atoms with Gasteiger partial charge in [0, 0.05) is 25.4 Å². The molecule has 112 valence electrons. The van der Waals surface area contributed by atoms with Gasteiger partial charge in [0.1, 0.15) is 5.82 Å². The normalized spacial score (nSPS) is 18.6. The molecule has 2 N–H and O–H groups in total. The third-order valence-corrected chi connectivity index (χ3v) is 3.59. The Kier molecular flexibility index (Phi) is 3.44. The van der Waals surface area contributed by atoms with Crippen molar-refractivity contribution in [2.24, 2.45) is 5.73 Å². The molecule has 0 amide bonds. The second-order valence-electron chi connectivity index (χ2n) is 5.29. The first kappa shape index (κ1) is 14.1. The standard InChI is InChI=1S/C14H15F3N4/c15-14(16,17)10-3-1-9(2-4-10)7-12-19-13-8-11(18)5-6-21(13)20-12/h1-4,11H,5-8,18H2. The van der Waals surface area contributed by atoms with Gasteiger partial charge in [0.05, 0.1) is 5.56 Å². The van der Waals surface area contributed by atoms with Crippen molar-refractivity contribution in [1.82, 2.24) is 14.8 Å². The summed E-state index contributed by atoms with van der Waals surface area (Å²) in [5, 5.41) is 4.38. The van der Waals surface area contributed by atoms with Gasteiger partial charge in [-0.15, -0.1) is 0 Å². The number of aromatic nitrogens is 3. The van der Waals surface area contributed by atoms with Crippen LogP contribution in [0.15, 0.2) is 24.3 Å². The molecule has 1 aromatic carbocycles. The molecule has 0 saturated heterocycles. The highest BCUT2D eigenvalue weighted by molar-refractivity contribution is 5.26. The molecular weight excluding hydrogens is 281 g/mol. The van der Waals surface area contributed by atoms with Crippen LogP contribution in [0.5, 0.6) is 0 Å². The molecule has 2 heterocycles. The molecular formula is C14H15F3N4. The summed E-state index contributed by atoms with van der Waals surface area (Å²) in [5.74, 6) is 1.48. The summed E-state index contributed by atoms with van der Waals surface area (Å²) < 4.78 is 39.3. The van der Waals surface area contributed by atoms with E-state index in [0.29, 0.717) is 18.7 Å². The SMILES string of the molecule is NC1CCn2nc(Cc3ccc(C(F)(F)F)cc3)nc2C1. The maximum atomic E-state index is 12.5. The van der Waals surface area contributed by atoms with Gasteiger partial charge in [-0.2, -0.15) is 18.3 Å². The van der Waals surface area contributed by atoms with Gasteiger partial charge in [0.25, 0.3) is 0 Å². The van der Waals surface area contributed by atoms with Crippen molar-refractivity contribution in [2.45, 2.75) is 38.0 Å². The lowest BCUT2D eigenvalue weighted by Crippen LogP contribution is -2.31. The van der Waals surface area contributed by atoms with Gasteiger partial charge in [0.15, 0.2) is 5.82 Å². The average molecular weight is 296 g/mol. The van der Waals surface area contributed by atoms with Gasteiger partial charge >= 0.3 is 6.18 Å². The van der Waals surface area contributed by atoms with Gasteiger partial charge in [-0.05, 0) is 24.1 Å². The minimum atomic E-state index is -4.31. The topological polar surface area (TPSA) is 56.7 Å². The second-order valence-corrected chi connectivity index (χ2v) is 5.29. The summed E-state index contributed by atoms with van der Waals surface area (Å²) >= 11 is 0. The molecule has 0 spiro atoms. The van der Waals surface area contributed by atoms with Crippen LogP contribution in [0.3, 0.4) is 0 Å². The third-order valence-electron chi connectivity index (χ3n) is 3.59. The number of benzene rings is 1. The number of halogens is 3. The van der Waals surface area contributed by atoms with Crippen molar-refractivity contribution in [1.29, 1.82) is 0 Å². The molecule has 0 aliphatic carbocycles. The highest BCUT2D eigenvalue weighted by Crippen LogP contribution is 2.29. The first-order chi connectivity index (χ1) is 9.91. The number of aryl methyl sites for hydroxylation is 1. The van der Waals surface area contributed by atoms with E-state index in [1.165, 1.54) is 12.1 Å². The quantitative estimate of drug-likeness (QED) is 0.924. The first-order valence-corrected chi connectivity index (χ1v) is 6.76. The lowest BCUT2D eigenvalue weighted by Gasteiger charge is -2.17. The number of hydrogen-bond donors (Lipinski definition) is 1. The van der Waals surface area contributed by atoms with Crippen molar-refractivity contribution in [3.8, 4) is 0 Å². The molecule has 1 aliphatic rings. The van der Waals surface area contributed by atoms with Gasteiger partial charge in [-0.3, -0.25) is 0 Å². The summed E-state index contributed by atoms with van der Waals surface area (Å²) in [6, 6.07) is 5.21. The first-order valence-electron chi connectivity index (χ1n) is 6.76. The number of rotatable bonds is 2. The van der Waals surface area contributed by atoms with E-state index in [-0.39, 0.29) is 6.04 Å². The highest BCUT2D eigenvalue weighted by atomic mass is 19.4. The van der Waals surface area contributed by atoms with E-state index in [1.54, 1.807) is 0 Å². The van der Waals surface area contributed by atoms with Crippen LogP contribution in [0.25, 0.3) is 0 Å². The van der Waals surface area contributed by atoms with E-state index < -0.39 is 11.7 Å². The third kappa shape index (κ3) is 3.07. The van der Waals surface area contributed by atoms with Gasteiger partial charge in [-0.1, -0.05) is 12.1 Å². The lowest BCUT2D eigenvalue weighted by molar-refractivity contribution is -0.137. The minimum Gasteiger partial charge on any atom is -0.327 e. The second kappa shape index (κ2) is 5.14. The molecule has 1 aliphatic heterocycles. The zero-order valence-corrected chi connectivity index (χ0v) is 11.3. The number of alkyl halides is 3. The van der Waals surface area contributed by atoms with E-state index in [9.17, 15) is 13.2 Å². The highest BCUT2D eigenvalue weighted by Gasteiger charge is 2.30. The van der Waals surface area contributed by atoms with Crippen molar-refractivity contribution < 1.29 is 13.2 Å². The van der Waals surface area contributed by atoms with Gasteiger partial charge in [-0.25, -0.2) is 9.67 Å².